The Labute approximate surface area is 89.7 Å². The van der Waals surface area contributed by atoms with Crippen molar-refractivity contribution in [2.24, 2.45) is 0 Å². The normalized spacial score (nSPS) is 10.5. The molecule has 0 amide bonds. The van der Waals surface area contributed by atoms with Crippen LogP contribution in [0.25, 0.3) is 0 Å². The molecule has 0 aliphatic carbocycles. The van der Waals surface area contributed by atoms with Gasteiger partial charge in [0.05, 0.1) is 11.4 Å². The van der Waals surface area contributed by atoms with E-state index in [9.17, 15) is 4.39 Å². The van der Waals surface area contributed by atoms with Crippen molar-refractivity contribution >= 4 is 17.4 Å². The summed E-state index contributed by atoms with van der Waals surface area (Å²) in [6.07, 6.45) is 1.26. The minimum atomic E-state index is -0.409. The molecule has 4 nitrogen and oxygen atoms in total. The lowest BCUT2D eigenvalue weighted by Gasteiger charge is -2.00. The largest absolute Gasteiger partial charge is 0.396 e. The summed E-state index contributed by atoms with van der Waals surface area (Å²) in [7, 11) is 0. The summed E-state index contributed by atoms with van der Waals surface area (Å²) in [5, 5.41) is 3.65. The Morgan fingerprint density at radius 3 is 3.00 bits per heavy atom. The third kappa shape index (κ3) is 2.47. The number of aromatic nitrogens is 2. The molecule has 0 aliphatic heterocycles. The Morgan fingerprint density at radius 1 is 1.47 bits per heavy atom. The molecule has 0 radical (unpaired) electrons. The molecule has 2 rings (SSSR count). The molecule has 0 aliphatic rings. The maximum atomic E-state index is 13.1. The van der Waals surface area contributed by atoms with Crippen LogP contribution in [0.3, 0.4) is 0 Å². The van der Waals surface area contributed by atoms with Crippen molar-refractivity contribution in [3.8, 4) is 0 Å². The Kier molecular flexibility index (Phi) is 2.86. The van der Waals surface area contributed by atoms with Gasteiger partial charge in [-0.2, -0.15) is 4.98 Å². The summed E-state index contributed by atoms with van der Waals surface area (Å²) in [5.74, 6) is 0.713. The molecule has 15 heavy (non-hydrogen) atoms. The number of anilines is 1. The van der Waals surface area contributed by atoms with Crippen LogP contribution >= 0.6 is 11.8 Å². The average molecular weight is 225 g/mol. The molecule has 0 atom stereocenters. The standard InChI is InChI=1S/C9H8FN3OS/c10-7-3-6(1-2-8(7)11)15-4-9-12-5-14-13-9/h1-3,5H,4,11H2. The topological polar surface area (TPSA) is 64.9 Å². The van der Waals surface area contributed by atoms with Gasteiger partial charge in [0.25, 0.3) is 0 Å². The second-order valence-electron chi connectivity index (χ2n) is 2.82. The van der Waals surface area contributed by atoms with Gasteiger partial charge in [0.1, 0.15) is 5.82 Å². The van der Waals surface area contributed by atoms with Gasteiger partial charge in [-0.25, -0.2) is 4.39 Å². The molecule has 0 unspecified atom stereocenters. The fourth-order valence-corrected chi connectivity index (χ4v) is 1.78. The van der Waals surface area contributed by atoms with Crippen molar-refractivity contribution in [3.05, 3.63) is 36.2 Å². The van der Waals surface area contributed by atoms with Gasteiger partial charge < -0.3 is 10.3 Å². The summed E-state index contributed by atoms with van der Waals surface area (Å²) in [6, 6.07) is 4.68. The van der Waals surface area contributed by atoms with E-state index in [0.29, 0.717) is 11.6 Å². The molecule has 1 aromatic heterocycles. The Bertz CT molecular complexity index is 447. The smallest absolute Gasteiger partial charge is 0.213 e. The van der Waals surface area contributed by atoms with E-state index in [1.807, 2.05) is 0 Å². The first-order chi connectivity index (χ1) is 7.25. The highest BCUT2D eigenvalue weighted by molar-refractivity contribution is 7.98. The van der Waals surface area contributed by atoms with E-state index in [0.717, 1.165) is 4.90 Å². The van der Waals surface area contributed by atoms with Gasteiger partial charge in [-0.1, -0.05) is 5.16 Å². The number of halogens is 1. The van der Waals surface area contributed by atoms with Crippen LogP contribution in [0.4, 0.5) is 10.1 Å². The highest BCUT2D eigenvalue weighted by Gasteiger charge is 2.03. The number of rotatable bonds is 3. The minimum Gasteiger partial charge on any atom is -0.396 e. The zero-order chi connectivity index (χ0) is 10.7. The van der Waals surface area contributed by atoms with Crippen LogP contribution in [0.1, 0.15) is 5.82 Å². The van der Waals surface area contributed by atoms with Crippen LogP contribution in [0.2, 0.25) is 0 Å². The number of nitrogens with two attached hydrogens (primary N) is 1. The Morgan fingerprint density at radius 2 is 2.33 bits per heavy atom. The quantitative estimate of drug-likeness (QED) is 0.640. The van der Waals surface area contributed by atoms with Gasteiger partial charge in [-0.15, -0.1) is 11.8 Å². The summed E-state index contributed by atoms with van der Waals surface area (Å²) in [4.78, 5) is 4.64. The van der Waals surface area contributed by atoms with Crippen LogP contribution in [0, 0.1) is 5.82 Å². The number of nitrogens with zero attached hydrogens (tertiary/aromatic N) is 2. The summed E-state index contributed by atoms with van der Waals surface area (Å²) in [5.41, 5.74) is 5.51. The number of benzene rings is 1. The molecule has 0 fully saturated rings. The van der Waals surface area contributed by atoms with Crippen LogP contribution in [0.15, 0.2) is 34.0 Å². The minimum absolute atomic E-state index is 0.152. The van der Waals surface area contributed by atoms with Crippen LogP contribution < -0.4 is 5.73 Å². The number of hydrogen-bond donors (Lipinski definition) is 1. The van der Waals surface area contributed by atoms with E-state index in [1.54, 1.807) is 6.07 Å². The van der Waals surface area contributed by atoms with Crippen LogP contribution in [0.5, 0.6) is 0 Å². The Balaban J connectivity index is 2.02. The first-order valence-corrected chi connectivity index (χ1v) is 5.17. The molecule has 0 saturated carbocycles. The number of hydrogen-bond acceptors (Lipinski definition) is 5. The van der Waals surface area contributed by atoms with Gasteiger partial charge in [0, 0.05) is 4.90 Å². The fraction of sp³-hybridized carbons (Fsp3) is 0.111. The van der Waals surface area contributed by atoms with Crippen LogP contribution in [-0.4, -0.2) is 10.1 Å². The lowest BCUT2D eigenvalue weighted by molar-refractivity contribution is 0.412. The van der Waals surface area contributed by atoms with E-state index < -0.39 is 5.82 Å². The van der Waals surface area contributed by atoms with Crippen molar-refractivity contribution in [2.45, 2.75) is 10.6 Å². The van der Waals surface area contributed by atoms with Crippen molar-refractivity contribution in [2.75, 3.05) is 5.73 Å². The summed E-state index contributed by atoms with van der Waals surface area (Å²) in [6.45, 7) is 0. The number of nitrogen functional groups attached to an aromatic ring is 1. The molecule has 0 saturated heterocycles. The second kappa shape index (κ2) is 4.31. The van der Waals surface area contributed by atoms with Gasteiger partial charge in [0.15, 0.2) is 5.82 Å². The van der Waals surface area contributed by atoms with Crippen LogP contribution in [-0.2, 0) is 5.75 Å². The first-order valence-electron chi connectivity index (χ1n) is 4.19. The van der Waals surface area contributed by atoms with E-state index in [2.05, 4.69) is 14.7 Å². The van der Waals surface area contributed by atoms with Gasteiger partial charge in [0.2, 0.25) is 6.39 Å². The number of thioether (sulfide) groups is 1. The highest BCUT2D eigenvalue weighted by Crippen LogP contribution is 2.24. The maximum Gasteiger partial charge on any atom is 0.213 e. The molecule has 1 heterocycles. The molecule has 2 aromatic rings. The molecular weight excluding hydrogens is 217 g/mol. The molecule has 78 valence electrons. The van der Waals surface area contributed by atoms with Crippen molar-refractivity contribution in [1.82, 2.24) is 10.1 Å². The summed E-state index contributed by atoms with van der Waals surface area (Å²) >= 11 is 1.42. The average Bonchev–Trinajstić information content (AvgIpc) is 2.73. The molecule has 0 bridgehead atoms. The van der Waals surface area contributed by atoms with Crippen molar-refractivity contribution in [3.63, 3.8) is 0 Å². The zero-order valence-corrected chi connectivity index (χ0v) is 8.50. The van der Waals surface area contributed by atoms with Crippen molar-refractivity contribution < 1.29 is 8.91 Å². The molecule has 2 N–H and O–H groups in total. The second-order valence-corrected chi connectivity index (χ2v) is 3.87. The van der Waals surface area contributed by atoms with Gasteiger partial charge >= 0.3 is 0 Å². The fourth-order valence-electron chi connectivity index (χ4n) is 1.00. The summed E-state index contributed by atoms with van der Waals surface area (Å²) < 4.78 is 17.6. The van der Waals surface area contributed by atoms with E-state index in [1.165, 1.54) is 30.3 Å². The first kappa shape index (κ1) is 9.97. The highest BCUT2D eigenvalue weighted by atomic mass is 32.2. The monoisotopic (exact) mass is 225 g/mol. The van der Waals surface area contributed by atoms with E-state index in [-0.39, 0.29) is 5.69 Å². The molecular formula is C9H8FN3OS. The van der Waals surface area contributed by atoms with E-state index >= 15 is 0 Å². The predicted molar refractivity (Wildman–Crippen MR) is 54.7 cm³/mol. The Hall–Kier alpha value is -1.56. The molecule has 1 aromatic carbocycles. The lowest BCUT2D eigenvalue weighted by atomic mass is 10.3. The van der Waals surface area contributed by atoms with Gasteiger partial charge in [-0.05, 0) is 18.2 Å². The van der Waals surface area contributed by atoms with Crippen molar-refractivity contribution in [1.29, 1.82) is 0 Å². The molecule has 6 heteroatoms. The SMILES string of the molecule is Nc1ccc(SCc2ncon2)cc1F. The molecule has 0 spiro atoms. The predicted octanol–water partition coefficient (Wildman–Crippen LogP) is 2.08. The van der Waals surface area contributed by atoms with Gasteiger partial charge in [-0.3, -0.25) is 0 Å². The maximum absolute atomic E-state index is 13.1. The van der Waals surface area contributed by atoms with E-state index in [4.69, 9.17) is 5.73 Å². The lowest BCUT2D eigenvalue weighted by Crippen LogP contribution is -1.90. The third-order valence-electron chi connectivity index (χ3n) is 1.75. The third-order valence-corrected chi connectivity index (χ3v) is 2.74. The zero-order valence-electron chi connectivity index (χ0n) is 7.68.